The van der Waals surface area contributed by atoms with E-state index in [9.17, 15) is 15.2 Å². The van der Waals surface area contributed by atoms with Crippen LogP contribution in [-0.4, -0.2) is 37.3 Å². The van der Waals surface area contributed by atoms with Crippen LogP contribution in [0.2, 0.25) is 0 Å². The Hall–Kier alpha value is -1.66. The van der Waals surface area contributed by atoms with Gasteiger partial charge < -0.3 is 14.7 Å². The summed E-state index contributed by atoms with van der Waals surface area (Å²) in [5.74, 6) is 0. The second-order valence-corrected chi connectivity index (χ2v) is 4.45. The molecule has 19 heavy (non-hydrogen) atoms. The zero-order chi connectivity index (χ0) is 14.4. The summed E-state index contributed by atoms with van der Waals surface area (Å²) in [6.07, 6.45) is 0.0778. The van der Waals surface area contributed by atoms with E-state index in [2.05, 4.69) is 0 Å². The zero-order valence-electron chi connectivity index (χ0n) is 11.5. The van der Waals surface area contributed by atoms with Crippen molar-refractivity contribution in [3.63, 3.8) is 0 Å². The van der Waals surface area contributed by atoms with Gasteiger partial charge >= 0.3 is 0 Å². The predicted octanol–water partition coefficient (Wildman–Crippen LogP) is 2.12. The van der Waals surface area contributed by atoms with Gasteiger partial charge in [-0.15, -0.1) is 0 Å². The number of nitrogens with zero attached hydrogens (tertiary/aromatic N) is 2. The highest BCUT2D eigenvalue weighted by Crippen LogP contribution is 2.30. The molecule has 1 atom stereocenters. The van der Waals surface area contributed by atoms with Crippen molar-refractivity contribution in [2.75, 3.05) is 32.2 Å². The standard InChI is InChI=1S/C13H20N2O4/c1-10(16)11-5-6-12(13(9-11)15(17)18)14(2)7-4-8-19-3/h5-6,9-10,16H,4,7-8H2,1-3H3/t10-/m0/s1. The summed E-state index contributed by atoms with van der Waals surface area (Å²) in [4.78, 5) is 12.5. The van der Waals surface area contributed by atoms with Crippen molar-refractivity contribution < 1.29 is 14.8 Å². The molecule has 0 bridgehead atoms. The Morgan fingerprint density at radius 3 is 2.74 bits per heavy atom. The van der Waals surface area contributed by atoms with Gasteiger partial charge in [-0.3, -0.25) is 10.1 Å². The third kappa shape index (κ3) is 4.18. The number of nitro groups is 1. The topological polar surface area (TPSA) is 75.8 Å². The molecule has 0 radical (unpaired) electrons. The first-order valence-electron chi connectivity index (χ1n) is 6.13. The molecule has 6 nitrogen and oxygen atoms in total. The highest BCUT2D eigenvalue weighted by molar-refractivity contribution is 5.64. The first kappa shape index (κ1) is 15.4. The van der Waals surface area contributed by atoms with Crippen molar-refractivity contribution >= 4 is 11.4 Å². The Balaban J connectivity index is 2.96. The van der Waals surface area contributed by atoms with Crippen molar-refractivity contribution in [3.05, 3.63) is 33.9 Å². The molecule has 0 aliphatic rings. The molecule has 1 N–H and O–H groups in total. The molecule has 1 aromatic carbocycles. The van der Waals surface area contributed by atoms with Crippen LogP contribution in [-0.2, 0) is 4.74 Å². The van der Waals surface area contributed by atoms with Gasteiger partial charge in [-0.25, -0.2) is 0 Å². The number of nitro benzene ring substituents is 1. The smallest absolute Gasteiger partial charge is 0.292 e. The van der Waals surface area contributed by atoms with Crippen LogP contribution in [0.5, 0.6) is 0 Å². The molecule has 0 saturated heterocycles. The van der Waals surface area contributed by atoms with E-state index < -0.39 is 11.0 Å². The van der Waals surface area contributed by atoms with Crippen LogP contribution in [0.1, 0.15) is 25.0 Å². The molecular weight excluding hydrogens is 248 g/mol. The number of aliphatic hydroxyl groups excluding tert-OH is 1. The number of hydrogen-bond donors (Lipinski definition) is 1. The molecule has 0 aliphatic carbocycles. The van der Waals surface area contributed by atoms with Crippen molar-refractivity contribution in [2.24, 2.45) is 0 Å². The number of rotatable bonds is 7. The van der Waals surface area contributed by atoms with Crippen LogP contribution in [0.25, 0.3) is 0 Å². The predicted molar refractivity (Wildman–Crippen MR) is 73.5 cm³/mol. The fraction of sp³-hybridized carbons (Fsp3) is 0.538. The minimum Gasteiger partial charge on any atom is -0.389 e. The fourth-order valence-corrected chi connectivity index (χ4v) is 1.84. The Bertz CT molecular complexity index is 435. The van der Waals surface area contributed by atoms with E-state index in [-0.39, 0.29) is 5.69 Å². The van der Waals surface area contributed by atoms with Crippen LogP contribution in [0.4, 0.5) is 11.4 Å². The lowest BCUT2D eigenvalue weighted by Crippen LogP contribution is -2.20. The minimum absolute atomic E-state index is 0.0123. The Morgan fingerprint density at radius 1 is 1.53 bits per heavy atom. The highest BCUT2D eigenvalue weighted by atomic mass is 16.6. The number of benzene rings is 1. The molecule has 0 spiro atoms. The molecule has 0 fully saturated rings. The summed E-state index contributed by atoms with van der Waals surface area (Å²) in [7, 11) is 3.43. The summed E-state index contributed by atoms with van der Waals surface area (Å²) in [6, 6.07) is 4.81. The van der Waals surface area contributed by atoms with Crippen molar-refractivity contribution in [2.45, 2.75) is 19.4 Å². The van der Waals surface area contributed by atoms with Crippen LogP contribution in [0, 0.1) is 10.1 Å². The maximum atomic E-state index is 11.1. The third-order valence-electron chi connectivity index (χ3n) is 2.93. The maximum absolute atomic E-state index is 11.1. The lowest BCUT2D eigenvalue weighted by Gasteiger charge is -2.19. The van der Waals surface area contributed by atoms with Gasteiger partial charge in [-0.05, 0) is 25.0 Å². The van der Waals surface area contributed by atoms with Crippen LogP contribution in [0.15, 0.2) is 18.2 Å². The second-order valence-electron chi connectivity index (χ2n) is 4.45. The van der Waals surface area contributed by atoms with Gasteiger partial charge in [-0.1, -0.05) is 6.07 Å². The molecule has 1 rings (SSSR count). The third-order valence-corrected chi connectivity index (χ3v) is 2.93. The Labute approximate surface area is 112 Å². The number of hydrogen-bond acceptors (Lipinski definition) is 5. The first-order chi connectivity index (χ1) is 8.97. The van der Waals surface area contributed by atoms with E-state index in [0.29, 0.717) is 24.4 Å². The average molecular weight is 268 g/mol. The minimum atomic E-state index is -0.716. The van der Waals surface area contributed by atoms with Gasteiger partial charge in [-0.2, -0.15) is 0 Å². The highest BCUT2D eigenvalue weighted by Gasteiger charge is 2.18. The van der Waals surface area contributed by atoms with Gasteiger partial charge in [0.1, 0.15) is 5.69 Å². The SMILES string of the molecule is COCCCN(C)c1ccc([C@H](C)O)cc1[N+](=O)[O-]. The quantitative estimate of drug-likeness (QED) is 0.465. The van der Waals surface area contributed by atoms with Crippen molar-refractivity contribution in [3.8, 4) is 0 Å². The van der Waals surface area contributed by atoms with Crippen LogP contribution in [0.3, 0.4) is 0 Å². The monoisotopic (exact) mass is 268 g/mol. The summed E-state index contributed by atoms with van der Waals surface area (Å²) in [5, 5.41) is 20.6. The van der Waals surface area contributed by atoms with E-state index >= 15 is 0 Å². The molecule has 0 saturated carbocycles. The van der Waals surface area contributed by atoms with Crippen molar-refractivity contribution in [1.82, 2.24) is 0 Å². The van der Waals surface area contributed by atoms with E-state index in [0.717, 1.165) is 6.42 Å². The Morgan fingerprint density at radius 2 is 2.21 bits per heavy atom. The molecule has 0 aromatic heterocycles. The molecule has 0 heterocycles. The summed E-state index contributed by atoms with van der Waals surface area (Å²) in [6.45, 7) is 2.87. The molecule has 6 heteroatoms. The molecule has 106 valence electrons. The second kappa shape index (κ2) is 7.06. The van der Waals surface area contributed by atoms with Gasteiger partial charge in [0.15, 0.2) is 0 Å². The lowest BCUT2D eigenvalue weighted by atomic mass is 10.1. The van der Waals surface area contributed by atoms with E-state index in [4.69, 9.17) is 4.74 Å². The maximum Gasteiger partial charge on any atom is 0.292 e. The van der Waals surface area contributed by atoms with Crippen LogP contribution >= 0.6 is 0 Å². The largest absolute Gasteiger partial charge is 0.389 e. The van der Waals surface area contributed by atoms with E-state index in [1.165, 1.54) is 6.07 Å². The molecule has 1 aromatic rings. The summed E-state index contributed by atoms with van der Waals surface area (Å²) >= 11 is 0. The normalized spacial score (nSPS) is 12.2. The van der Waals surface area contributed by atoms with Gasteiger partial charge in [0, 0.05) is 33.4 Å². The number of aliphatic hydroxyl groups is 1. The van der Waals surface area contributed by atoms with Gasteiger partial charge in [0.2, 0.25) is 0 Å². The van der Waals surface area contributed by atoms with Gasteiger partial charge in [0.25, 0.3) is 5.69 Å². The lowest BCUT2D eigenvalue weighted by molar-refractivity contribution is -0.384. The number of anilines is 1. The summed E-state index contributed by atoms with van der Waals surface area (Å²) < 4.78 is 4.96. The fourth-order valence-electron chi connectivity index (χ4n) is 1.84. The molecule has 0 amide bonds. The molecule has 0 unspecified atom stereocenters. The zero-order valence-corrected chi connectivity index (χ0v) is 11.5. The summed E-state index contributed by atoms with van der Waals surface area (Å²) in [5.41, 5.74) is 1.10. The van der Waals surface area contributed by atoms with E-state index in [1.807, 2.05) is 4.90 Å². The van der Waals surface area contributed by atoms with Gasteiger partial charge in [0.05, 0.1) is 11.0 Å². The number of methoxy groups -OCH3 is 1. The van der Waals surface area contributed by atoms with Crippen LogP contribution < -0.4 is 4.90 Å². The Kier molecular flexibility index (Phi) is 5.72. The molecule has 0 aliphatic heterocycles. The molecular formula is C13H20N2O4. The first-order valence-corrected chi connectivity index (χ1v) is 6.13. The van der Waals surface area contributed by atoms with E-state index in [1.54, 1.807) is 33.2 Å². The number of ether oxygens (including phenoxy) is 1. The van der Waals surface area contributed by atoms with Crippen molar-refractivity contribution in [1.29, 1.82) is 0 Å². The average Bonchev–Trinajstić information content (AvgIpc) is 2.38.